The molecule has 1 N–H and O–H groups in total. The van der Waals surface area contributed by atoms with Crippen LogP contribution in [0.5, 0.6) is 0 Å². The summed E-state index contributed by atoms with van der Waals surface area (Å²) < 4.78 is 13.1. The van der Waals surface area contributed by atoms with Crippen molar-refractivity contribution in [3.63, 3.8) is 0 Å². The van der Waals surface area contributed by atoms with Crippen molar-refractivity contribution >= 4 is 23.4 Å². The summed E-state index contributed by atoms with van der Waals surface area (Å²) in [4.78, 5) is 22.8. The number of nitrogens with zero attached hydrogens (tertiary/aromatic N) is 3. The van der Waals surface area contributed by atoms with Crippen LogP contribution in [0.4, 0.5) is 10.1 Å². The van der Waals surface area contributed by atoms with E-state index in [1.807, 2.05) is 48.5 Å². The number of rotatable bonds is 7. The molecule has 1 aliphatic heterocycles. The summed E-state index contributed by atoms with van der Waals surface area (Å²) in [6.45, 7) is 4.98. The molecule has 0 unspecified atom stereocenters. The molecule has 1 aliphatic rings. The summed E-state index contributed by atoms with van der Waals surface area (Å²) in [5, 5.41) is 3.74. The normalized spacial score (nSPS) is 14.4. The third kappa shape index (κ3) is 5.83. The highest BCUT2D eigenvalue weighted by Crippen LogP contribution is 2.28. The van der Waals surface area contributed by atoms with E-state index >= 15 is 0 Å². The van der Waals surface area contributed by atoms with Gasteiger partial charge in [0, 0.05) is 56.0 Å². The molecule has 1 aromatic heterocycles. The average Bonchev–Trinajstić information content (AvgIpc) is 2.81. The maximum atomic E-state index is 13.1. The maximum absolute atomic E-state index is 13.1. The zero-order chi connectivity index (χ0) is 21.5. The first-order valence-corrected chi connectivity index (χ1v) is 11.2. The van der Waals surface area contributed by atoms with Crippen molar-refractivity contribution in [1.29, 1.82) is 0 Å². The van der Waals surface area contributed by atoms with E-state index in [-0.39, 0.29) is 11.7 Å². The molecule has 0 radical (unpaired) electrons. The molecule has 7 heteroatoms. The first-order chi connectivity index (χ1) is 15.2. The Morgan fingerprint density at radius 1 is 0.968 bits per heavy atom. The van der Waals surface area contributed by atoms with Crippen LogP contribution in [0.15, 0.2) is 82.8 Å². The molecule has 2 aromatic carbocycles. The summed E-state index contributed by atoms with van der Waals surface area (Å²) in [5.41, 5.74) is 1.65. The Bertz CT molecular complexity index is 992. The number of benzene rings is 2. The Morgan fingerprint density at radius 3 is 2.45 bits per heavy atom. The topological polar surface area (TPSA) is 48.5 Å². The predicted octanol–water partition coefficient (Wildman–Crippen LogP) is 3.92. The third-order valence-corrected chi connectivity index (χ3v) is 6.28. The Kier molecular flexibility index (Phi) is 7.17. The van der Waals surface area contributed by atoms with Crippen molar-refractivity contribution in [3.05, 3.63) is 84.3 Å². The number of carbonyl (C=O) groups is 1. The van der Waals surface area contributed by atoms with Gasteiger partial charge in [-0.25, -0.2) is 9.37 Å². The number of hydrogen-bond donors (Lipinski definition) is 1. The van der Waals surface area contributed by atoms with Crippen molar-refractivity contribution in [2.75, 3.05) is 44.2 Å². The lowest BCUT2D eigenvalue weighted by Gasteiger charge is -2.36. The van der Waals surface area contributed by atoms with Gasteiger partial charge in [-0.15, -0.1) is 0 Å². The second-order valence-electron chi connectivity index (χ2n) is 7.33. The van der Waals surface area contributed by atoms with Gasteiger partial charge >= 0.3 is 0 Å². The number of carbonyl (C=O) groups excluding carboxylic acids is 1. The van der Waals surface area contributed by atoms with Crippen LogP contribution in [0.1, 0.15) is 10.4 Å². The minimum atomic E-state index is -0.211. The molecular formula is C24H25FN4OS. The molecule has 1 amide bonds. The zero-order valence-corrected chi connectivity index (χ0v) is 18.0. The number of amides is 1. The summed E-state index contributed by atoms with van der Waals surface area (Å²) in [6.07, 6.45) is 1.71. The highest BCUT2D eigenvalue weighted by molar-refractivity contribution is 7.99. The second-order valence-corrected chi connectivity index (χ2v) is 8.39. The quantitative estimate of drug-likeness (QED) is 0.608. The molecule has 4 rings (SSSR count). The molecule has 0 atom stereocenters. The summed E-state index contributed by atoms with van der Waals surface area (Å²) in [6, 6.07) is 20.2. The summed E-state index contributed by atoms with van der Waals surface area (Å²) >= 11 is 1.49. The molecule has 0 bridgehead atoms. The van der Waals surface area contributed by atoms with Gasteiger partial charge in [-0.05, 0) is 48.5 Å². The monoisotopic (exact) mass is 436 g/mol. The molecular weight excluding hydrogens is 411 g/mol. The number of pyridine rings is 1. The minimum absolute atomic E-state index is 0.100. The van der Waals surface area contributed by atoms with Crippen molar-refractivity contribution < 1.29 is 9.18 Å². The Balaban J connectivity index is 1.25. The minimum Gasteiger partial charge on any atom is -0.369 e. The number of halogens is 1. The Hall–Kier alpha value is -2.90. The molecule has 0 spiro atoms. The van der Waals surface area contributed by atoms with Gasteiger partial charge in [-0.2, -0.15) is 0 Å². The van der Waals surface area contributed by atoms with E-state index < -0.39 is 0 Å². The van der Waals surface area contributed by atoms with Crippen molar-refractivity contribution in [1.82, 2.24) is 15.2 Å². The largest absolute Gasteiger partial charge is 0.369 e. The highest BCUT2D eigenvalue weighted by Gasteiger charge is 2.18. The molecule has 5 nitrogen and oxygen atoms in total. The van der Waals surface area contributed by atoms with Gasteiger partial charge in [-0.3, -0.25) is 9.69 Å². The van der Waals surface area contributed by atoms with Gasteiger partial charge in [0.15, 0.2) is 0 Å². The maximum Gasteiger partial charge on any atom is 0.254 e. The number of hydrogen-bond acceptors (Lipinski definition) is 5. The molecule has 0 aliphatic carbocycles. The van der Waals surface area contributed by atoms with E-state index in [1.54, 1.807) is 12.3 Å². The number of anilines is 1. The predicted molar refractivity (Wildman–Crippen MR) is 122 cm³/mol. The van der Waals surface area contributed by atoms with Crippen molar-refractivity contribution in [2.24, 2.45) is 0 Å². The standard InChI is InChI=1S/C24H25FN4OS/c25-19-8-10-20(11-9-19)29-17-15-28(16-18-29)14-13-26-23(30)22-7-4-12-27-24(22)31-21-5-2-1-3-6-21/h1-12H,13-18H2,(H,26,30). The first kappa shape index (κ1) is 21.3. The molecule has 2 heterocycles. The fourth-order valence-corrected chi connectivity index (χ4v) is 4.45. The van der Waals surface area contributed by atoms with Gasteiger partial charge in [0.05, 0.1) is 5.56 Å². The summed E-state index contributed by atoms with van der Waals surface area (Å²) in [7, 11) is 0. The molecule has 31 heavy (non-hydrogen) atoms. The fraction of sp³-hybridized carbons (Fsp3) is 0.250. The van der Waals surface area contributed by atoms with Crippen LogP contribution >= 0.6 is 11.8 Å². The molecule has 1 saturated heterocycles. The van der Waals surface area contributed by atoms with Crippen LogP contribution < -0.4 is 10.2 Å². The van der Waals surface area contributed by atoms with E-state index in [9.17, 15) is 9.18 Å². The third-order valence-electron chi connectivity index (χ3n) is 5.25. The number of nitrogens with one attached hydrogen (secondary N) is 1. The van der Waals surface area contributed by atoms with Crippen LogP contribution in [0.25, 0.3) is 0 Å². The van der Waals surface area contributed by atoms with Gasteiger partial charge in [0.1, 0.15) is 10.8 Å². The first-order valence-electron chi connectivity index (χ1n) is 10.4. The zero-order valence-electron chi connectivity index (χ0n) is 17.2. The SMILES string of the molecule is O=C(NCCN1CCN(c2ccc(F)cc2)CC1)c1cccnc1Sc1ccccc1. The van der Waals surface area contributed by atoms with Crippen molar-refractivity contribution in [3.8, 4) is 0 Å². The van der Waals surface area contributed by atoms with Crippen LogP contribution in [0, 0.1) is 5.82 Å². The number of aromatic nitrogens is 1. The van der Waals surface area contributed by atoms with Crippen LogP contribution in [-0.2, 0) is 0 Å². The van der Waals surface area contributed by atoms with Gasteiger partial charge in [-0.1, -0.05) is 30.0 Å². The smallest absolute Gasteiger partial charge is 0.254 e. The Morgan fingerprint density at radius 2 is 1.71 bits per heavy atom. The second kappa shape index (κ2) is 10.4. The van der Waals surface area contributed by atoms with Crippen LogP contribution in [0.3, 0.4) is 0 Å². The lowest BCUT2D eigenvalue weighted by Crippen LogP contribution is -2.48. The average molecular weight is 437 g/mol. The van der Waals surface area contributed by atoms with E-state index in [2.05, 4.69) is 20.1 Å². The van der Waals surface area contributed by atoms with Gasteiger partial charge < -0.3 is 10.2 Å². The fourth-order valence-electron chi connectivity index (χ4n) is 3.55. The highest BCUT2D eigenvalue weighted by atomic mass is 32.2. The molecule has 3 aromatic rings. The van der Waals surface area contributed by atoms with Gasteiger partial charge in [0.25, 0.3) is 5.91 Å². The van der Waals surface area contributed by atoms with E-state index in [1.165, 1.54) is 23.9 Å². The van der Waals surface area contributed by atoms with E-state index in [0.29, 0.717) is 17.1 Å². The number of piperazine rings is 1. The van der Waals surface area contributed by atoms with Gasteiger partial charge in [0.2, 0.25) is 0 Å². The van der Waals surface area contributed by atoms with Crippen LogP contribution in [-0.4, -0.2) is 55.1 Å². The van der Waals surface area contributed by atoms with Crippen molar-refractivity contribution in [2.45, 2.75) is 9.92 Å². The molecule has 160 valence electrons. The summed E-state index contributed by atoms with van der Waals surface area (Å²) in [5.74, 6) is -0.312. The Labute approximate surface area is 186 Å². The lowest BCUT2D eigenvalue weighted by atomic mass is 10.2. The van der Waals surface area contributed by atoms with E-state index in [0.717, 1.165) is 43.3 Å². The van der Waals surface area contributed by atoms with Crippen LogP contribution in [0.2, 0.25) is 0 Å². The molecule has 1 fully saturated rings. The molecule has 0 saturated carbocycles. The van der Waals surface area contributed by atoms with E-state index in [4.69, 9.17) is 0 Å². The lowest BCUT2D eigenvalue weighted by molar-refractivity contribution is 0.0944.